The molecule has 14 heavy (non-hydrogen) atoms. The molecule has 0 aliphatic carbocycles. The summed E-state index contributed by atoms with van der Waals surface area (Å²) in [5.41, 5.74) is 2.16. The highest BCUT2D eigenvalue weighted by atomic mass is 15.3. The third kappa shape index (κ3) is 1.35. The fraction of sp³-hybridized carbons (Fsp3) is 0.273. The third-order valence-corrected chi connectivity index (χ3v) is 2.32. The lowest BCUT2D eigenvalue weighted by Crippen LogP contribution is -1.99. The average molecular weight is 185 g/mol. The molecule has 0 aliphatic heterocycles. The van der Waals surface area contributed by atoms with Crippen LogP contribution in [0.5, 0.6) is 0 Å². The van der Waals surface area contributed by atoms with Crippen molar-refractivity contribution in [1.82, 2.24) is 9.78 Å². The van der Waals surface area contributed by atoms with Gasteiger partial charge in [-0.05, 0) is 6.07 Å². The molecule has 2 aromatic rings. The lowest BCUT2D eigenvalue weighted by molar-refractivity contribution is 0.724. The van der Waals surface area contributed by atoms with Gasteiger partial charge in [-0.1, -0.05) is 18.2 Å². The van der Waals surface area contributed by atoms with Crippen molar-refractivity contribution in [3.05, 3.63) is 41.4 Å². The molecule has 1 aromatic carbocycles. The molecular formula is C11H11N3. The van der Waals surface area contributed by atoms with E-state index in [1.807, 2.05) is 29.9 Å². The molecule has 0 fully saturated rings. The number of hydrogen-bond donors (Lipinski definition) is 0. The second-order valence-corrected chi connectivity index (χ2v) is 3.22. The molecule has 3 heteroatoms. The molecular weight excluding hydrogens is 174 g/mol. The van der Waals surface area contributed by atoms with Crippen molar-refractivity contribution in [2.24, 2.45) is 7.05 Å². The van der Waals surface area contributed by atoms with Crippen LogP contribution in [0.3, 0.4) is 0 Å². The molecule has 0 atom stereocenters. The molecule has 3 nitrogen and oxygen atoms in total. The predicted molar refractivity (Wildman–Crippen MR) is 55.9 cm³/mol. The van der Waals surface area contributed by atoms with Gasteiger partial charge in [0, 0.05) is 12.4 Å². The van der Waals surface area contributed by atoms with Crippen LogP contribution in [0.4, 0.5) is 0 Å². The summed E-state index contributed by atoms with van der Waals surface area (Å²) < 4.78 is 1.87. The Labute approximate surface area is 82.8 Å². The minimum absolute atomic E-state index is 0.531. The Morgan fingerprint density at radius 2 is 2.21 bits per heavy atom. The fourth-order valence-corrected chi connectivity index (χ4v) is 1.66. The summed E-state index contributed by atoms with van der Waals surface area (Å²) in [6.45, 7) is 7.31. The maximum Gasteiger partial charge on any atom is 0.220 e. The summed E-state index contributed by atoms with van der Waals surface area (Å²) in [6.07, 6.45) is 0.778. The largest absolute Gasteiger partial charge is 0.317 e. The van der Waals surface area contributed by atoms with Crippen LogP contribution in [0, 0.1) is 6.57 Å². The van der Waals surface area contributed by atoms with E-state index in [0.29, 0.717) is 6.54 Å². The van der Waals surface area contributed by atoms with Gasteiger partial charge in [0.15, 0.2) is 0 Å². The van der Waals surface area contributed by atoms with Crippen molar-refractivity contribution in [3.63, 3.8) is 0 Å². The number of aryl methyl sites for hydroxylation is 1. The minimum Gasteiger partial charge on any atom is -0.317 e. The summed E-state index contributed by atoms with van der Waals surface area (Å²) in [5.74, 6) is 0. The van der Waals surface area contributed by atoms with Gasteiger partial charge in [0.1, 0.15) is 0 Å². The highest BCUT2D eigenvalue weighted by Crippen LogP contribution is 2.17. The first kappa shape index (κ1) is 8.76. The topological polar surface area (TPSA) is 22.2 Å². The van der Waals surface area contributed by atoms with Gasteiger partial charge in [-0.2, -0.15) is 5.10 Å². The summed E-state index contributed by atoms with van der Waals surface area (Å²) in [5, 5.41) is 5.55. The Morgan fingerprint density at radius 3 is 3.00 bits per heavy atom. The summed E-state index contributed by atoms with van der Waals surface area (Å²) in [6, 6.07) is 8.04. The van der Waals surface area contributed by atoms with E-state index < -0.39 is 0 Å². The van der Waals surface area contributed by atoms with E-state index in [4.69, 9.17) is 6.57 Å². The van der Waals surface area contributed by atoms with Gasteiger partial charge in [-0.3, -0.25) is 4.68 Å². The zero-order chi connectivity index (χ0) is 9.97. The number of hydrogen-bond acceptors (Lipinski definition) is 1. The highest BCUT2D eigenvalue weighted by molar-refractivity contribution is 5.81. The molecule has 0 saturated carbocycles. The van der Waals surface area contributed by atoms with Gasteiger partial charge in [-0.25, -0.2) is 6.57 Å². The van der Waals surface area contributed by atoms with Gasteiger partial charge in [0.05, 0.1) is 17.6 Å². The predicted octanol–water partition coefficient (Wildman–Crippen LogP) is 2.04. The second kappa shape index (κ2) is 3.51. The second-order valence-electron chi connectivity index (χ2n) is 3.22. The molecule has 1 aromatic heterocycles. The quantitative estimate of drug-likeness (QED) is 0.656. The molecule has 70 valence electrons. The van der Waals surface area contributed by atoms with Crippen molar-refractivity contribution >= 4 is 10.9 Å². The van der Waals surface area contributed by atoms with Crippen LogP contribution in [0.1, 0.15) is 5.69 Å². The lowest BCUT2D eigenvalue weighted by Gasteiger charge is -1.96. The Hall–Kier alpha value is -1.82. The summed E-state index contributed by atoms with van der Waals surface area (Å²) in [7, 11) is 1.93. The first-order valence-electron chi connectivity index (χ1n) is 4.57. The van der Waals surface area contributed by atoms with Crippen LogP contribution in [0.25, 0.3) is 15.7 Å². The zero-order valence-electron chi connectivity index (χ0n) is 8.07. The van der Waals surface area contributed by atoms with Gasteiger partial charge in [0.2, 0.25) is 6.54 Å². The van der Waals surface area contributed by atoms with Crippen LogP contribution in [0.2, 0.25) is 0 Å². The molecule has 0 amide bonds. The maximum atomic E-state index is 6.78. The fourth-order valence-electron chi connectivity index (χ4n) is 1.66. The zero-order valence-corrected chi connectivity index (χ0v) is 8.07. The SMILES string of the molecule is [C-]#[N+]CCc1c2ccccc2nn1C. The van der Waals surface area contributed by atoms with Gasteiger partial charge in [0.25, 0.3) is 0 Å². The molecule has 0 bridgehead atoms. The smallest absolute Gasteiger partial charge is 0.220 e. The Balaban J connectivity index is 2.52. The number of benzene rings is 1. The molecule has 1 heterocycles. The van der Waals surface area contributed by atoms with Crippen LogP contribution >= 0.6 is 0 Å². The van der Waals surface area contributed by atoms with Crippen LogP contribution in [-0.2, 0) is 13.5 Å². The van der Waals surface area contributed by atoms with Crippen molar-refractivity contribution < 1.29 is 0 Å². The van der Waals surface area contributed by atoms with Gasteiger partial charge >= 0.3 is 0 Å². The highest BCUT2D eigenvalue weighted by Gasteiger charge is 2.08. The van der Waals surface area contributed by atoms with Gasteiger partial charge < -0.3 is 4.85 Å². The molecule has 0 aliphatic rings. The number of fused-ring (bicyclic) bond motifs is 1. The first-order chi connectivity index (χ1) is 6.83. The average Bonchev–Trinajstić information content (AvgIpc) is 2.51. The normalized spacial score (nSPS) is 10.3. The monoisotopic (exact) mass is 185 g/mol. The van der Waals surface area contributed by atoms with Crippen molar-refractivity contribution in [3.8, 4) is 0 Å². The Morgan fingerprint density at radius 1 is 1.43 bits per heavy atom. The lowest BCUT2D eigenvalue weighted by atomic mass is 10.2. The van der Waals surface area contributed by atoms with Crippen LogP contribution in [-0.4, -0.2) is 16.3 Å². The standard InChI is InChI=1S/C11H11N3/c1-12-8-7-11-9-5-3-4-6-10(9)13-14(11)2/h3-6H,7-8H2,2H3. The maximum absolute atomic E-state index is 6.78. The van der Waals surface area contributed by atoms with Crippen molar-refractivity contribution in [2.75, 3.05) is 6.54 Å². The molecule has 0 radical (unpaired) electrons. The Bertz CT molecular complexity index is 491. The molecule has 2 rings (SSSR count). The Kier molecular flexibility index (Phi) is 2.19. The van der Waals surface area contributed by atoms with E-state index in [2.05, 4.69) is 16.0 Å². The van der Waals surface area contributed by atoms with Crippen molar-refractivity contribution in [2.45, 2.75) is 6.42 Å². The number of aromatic nitrogens is 2. The third-order valence-electron chi connectivity index (χ3n) is 2.32. The molecule has 0 spiro atoms. The number of nitrogens with zero attached hydrogens (tertiary/aromatic N) is 3. The van der Waals surface area contributed by atoms with Crippen LogP contribution in [0.15, 0.2) is 24.3 Å². The summed E-state index contributed by atoms with van der Waals surface area (Å²) >= 11 is 0. The van der Waals surface area contributed by atoms with E-state index in [1.54, 1.807) is 0 Å². The van der Waals surface area contributed by atoms with Crippen LogP contribution < -0.4 is 0 Å². The molecule has 0 N–H and O–H groups in total. The van der Waals surface area contributed by atoms with Gasteiger partial charge in [-0.15, -0.1) is 0 Å². The van der Waals surface area contributed by atoms with E-state index in [-0.39, 0.29) is 0 Å². The molecule has 0 unspecified atom stereocenters. The summed E-state index contributed by atoms with van der Waals surface area (Å²) in [4.78, 5) is 3.37. The van der Waals surface area contributed by atoms with E-state index in [0.717, 1.165) is 17.6 Å². The first-order valence-corrected chi connectivity index (χ1v) is 4.57. The number of rotatable bonds is 2. The van der Waals surface area contributed by atoms with E-state index >= 15 is 0 Å². The minimum atomic E-state index is 0.531. The van der Waals surface area contributed by atoms with E-state index in [1.165, 1.54) is 5.39 Å². The molecule has 0 saturated heterocycles. The van der Waals surface area contributed by atoms with Crippen molar-refractivity contribution in [1.29, 1.82) is 0 Å². The van der Waals surface area contributed by atoms with E-state index in [9.17, 15) is 0 Å².